The van der Waals surface area contributed by atoms with E-state index in [0.29, 0.717) is 43.6 Å². The van der Waals surface area contributed by atoms with Crippen LogP contribution in [0.15, 0.2) is 35.9 Å². The number of rotatable bonds is 5. The molecule has 0 heterocycles. The van der Waals surface area contributed by atoms with Gasteiger partial charge >= 0.3 is 0 Å². The molecule has 0 aliphatic heterocycles. The normalized spacial score (nSPS) is 43.4. The third-order valence-electron chi connectivity index (χ3n) is 10.5. The van der Waals surface area contributed by atoms with Crippen LogP contribution >= 0.6 is 0 Å². The van der Waals surface area contributed by atoms with E-state index in [0.717, 1.165) is 43.4 Å². The van der Waals surface area contributed by atoms with Crippen LogP contribution in [-0.2, 0) is 16.1 Å². The first-order valence-electron chi connectivity index (χ1n) is 13.0. The van der Waals surface area contributed by atoms with Crippen LogP contribution in [0, 0.1) is 28.6 Å². The van der Waals surface area contributed by atoms with Crippen molar-refractivity contribution in [1.29, 1.82) is 0 Å². The Bertz CT molecular complexity index is 985. The number of hydrogen-bond donors (Lipinski definition) is 2. The summed E-state index contributed by atoms with van der Waals surface area (Å²) in [5, 5.41) is 22.7. The van der Waals surface area contributed by atoms with Gasteiger partial charge in [-0.05, 0) is 86.3 Å². The van der Waals surface area contributed by atoms with Crippen molar-refractivity contribution in [3.8, 4) is 5.75 Å². The molecule has 0 aromatic heterocycles. The number of hydrogen-bond acceptors (Lipinski definition) is 5. The Morgan fingerprint density at radius 3 is 2.41 bits per heavy atom. The average Bonchev–Trinajstić information content (AvgIpc) is 3.11. The maximum Gasteiger partial charge on any atom is 0.169 e. The molecular weight excluding hydrogens is 428 g/mol. The molecule has 7 atom stereocenters. The smallest absolute Gasteiger partial charge is 0.169 e. The first kappa shape index (κ1) is 24.0. The van der Waals surface area contributed by atoms with E-state index in [-0.39, 0.29) is 16.6 Å². The number of carbonyl (C=O) groups is 1. The Kier molecular flexibility index (Phi) is 5.78. The zero-order valence-corrected chi connectivity index (χ0v) is 21.1. The van der Waals surface area contributed by atoms with Gasteiger partial charge in [0.2, 0.25) is 0 Å². The maximum absolute atomic E-state index is 12.4. The number of benzene rings is 1. The van der Waals surface area contributed by atoms with Gasteiger partial charge in [0.05, 0.1) is 13.7 Å². The van der Waals surface area contributed by atoms with Gasteiger partial charge in [0.25, 0.3) is 0 Å². The molecule has 1 aromatic rings. The van der Waals surface area contributed by atoms with Crippen LogP contribution in [-0.4, -0.2) is 34.5 Å². The topological polar surface area (TPSA) is 76.0 Å². The molecule has 4 aliphatic rings. The molecule has 0 spiro atoms. The number of Topliss-reactive ketones (excluding diaryl/α,β-unsaturated/α-hetero) is 1. The minimum absolute atomic E-state index is 0.0525. The molecule has 4 aliphatic carbocycles. The molecule has 186 valence electrons. The summed E-state index contributed by atoms with van der Waals surface area (Å²) >= 11 is 0. The Labute approximate surface area is 203 Å². The summed E-state index contributed by atoms with van der Waals surface area (Å²) in [7, 11) is 1.65. The zero-order chi connectivity index (χ0) is 24.4. The van der Waals surface area contributed by atoms with E-state index in [4.69, 9.17) is 9.47 Å². The SMILES string of the molecule is COc1ccc(COC2(O)CC[C@@]3(C)C(=CC[C@@H]4[C@@H]3CC[C@@]3(C)[C@H]4CC[C@]3(O)C(C)=O)C2)cc1. The highest BCUT2D eigenvalue weighted by Crippen LogP contribution is 2.67. The Balaban J connectivity index is 1.32. The molecule has 1 aromatic carbocycles. The van der Waals surface area contributed by atoms with E-state index in [1.54, 1.807) is 14.0 Å². The van der Waals surface area contributed by atoms with Crippen molar-refractivity contribution in [2.45, 2.75) is 90.1 Å². The van der Waals surface area contributed by atoms with Gasteiger partial charge in [0.15, 0.2) is 11.6 Å². The van der Waals surface area contributed by atoms with Crippen molar-refractivity contribution in [2.24, 2.45) is 28.6 Å². The van der Waals surface area contributed by atoms with Crippen molar-refractivity contribution in [3.05, 3.63) is 41.5 Å². The third kappa shape index (κ3) is 3.50. The number of methoxy groups -OCH3 is 1. The zero-order valence-electron chi connectivity index (χ0n) is 21.1. The highest BCUT2D eigenvalue weighted by Gasteiger charge is 2.65. The quantitative estimate of drug-likeness (QED) is 0.460. The lowest BCUT2D eigenvalue weighted by Crippen LogP contribution is -2.57. The van der Waals surface area contributed by atoms with E-state index in [2.05, 4.69) is 19.9 Å². The average molecular weight is 469 g/mol. The molecule has 5 heteroatoms. The van der Waals surface area contributed by atoms with Crippen LogP contribution in [0.5, 0.6) is 5.75 Å². The predicted octanol–water partition coefficient (Wildman–Crippen LogP) is 5.18. The molecule has 34 heavy (non-hydrogen) atoms. The molecular formula is C29H40O5. The second-order valence-electron chi connectivity index (χ2n) is 11.9. The molecule has 3 fully saturated rings. The lowest BCUT2D eigenvalue weighted by molar-refractivity contribution is -0.232. The fraction of sp³-hybridized carbons (Fsp3) is 0.690. The number of allylic oxidation sites excluding steroid dienone is 1. The molecule has 2 N–H and O–H groups in total. The lowest BCUT2D eigenvalue weighted by Gasteiger charge is -2.59. The Morgan fingerprint density at radius 1 is 1.03 bits per heavy atom. The fourth-order valence-electron chi connectivity index (χ4n) is 8.27. The molecule has 3 saturated carbocycles. The Hall–Kier alpha value is -1.69. The van der Waals surface area contributed by atoms with Crippen LogP contribution < -0.4 is 4.74 Å². The van der Waals surface area contributed by atoms with Gasteiger partial charge in [0.1, 0.15) is 11.4 Å². The number of fused-ring (bicyclic) bond motifs is 5. The first-order chi connectivity index (χ1) is 16.0. The van der Waals surface area contributed by atoms with Crippen molar-refractivity contribution >= 4 is 5.78 Å². The van der Waals surface area contributed by atoms with Gasteiger partial charge in [-0.1, -0.05) is 37.6 Å². The second kappa shape index (κ2) is 8.18. The summed E-state index contributed by atoms with van der Waals surface area (Å²) in [5.41, 5.74) is 0.914. The molecule has 0 amide bonds. The summed E-state index contributed by atoms with van der Waals surface area (Å²) in [4.78, 5) is 12.4. The molecule has 5 nitrogen and oxygen atoms in total. The van der Waals surface area contributed by atoms with Gasteiger partial charge < -0.3 is 19.7 Å². The van der Waals surface area contributed by atoms with Crippen molar-refractivity contribution in [2.75, 3.05) is 7.11 Å². The van der Waals surface area contributed by atoms with Crippen LogP contribution in [0.1, 0.15) is 77.7 Å². The van der Waals surface area contributed by atoms with Gasteiger partial charge in [-0.3, -0.25) is 4.79 Å². The highest BCUT2D eigenvalue weighted by molar-refractivity contribution is 5.86. The largest absolute Gasteiger partial charge is 0.497 e. The standard InChI is InChI=1S/C29H40O5/c1-19(30)29(32)14-12-25-23-10-7-21-17-28(31,34-18-20-5-8-22(33-4)9-6-20)16-15-26(21,2)24(23)11-13-27(25,29)3/h5-9,23-25,31-32H,10-18H2,1-4H3/t23-,24+,25+,26+,27+,28?,29+/m1/s1. The molecule has 0 bridgehead atoms. The third-order valence-corrected chi connectivity index (χ3v) is 10.5. The Morgan fingerprint density at radius 2 is 1.74 bits per heavy atom. The van der Waals surface area contributed by atoms with E-state index < -0.39 is 11.4 Å². The highest BCUT2D eigenvalue weighted by atomic mass is 16.6. The van der Waals surface area contributed by atoms with Crippen molar-refractivity contribution in [3.63, 3.8) is 0 Å². The number of ether oxygens (including phenoxy) is 2. The van der Waals surface area contributed by atoms with Crippen LogP contribution in [0.2, 0.25) is 0 Å². The minimum Gasteiger partial charge on any atom is -0.497 e. The fourth-order valence-corrected chi connectivity index (χ4v) is 8.27. The second-order valence-corrected chi connectivity index (χ2v) is 11.9. The number of aliphatic hydroxyl groups is 2. The van der Waals surface area contributed by atoms with E-state index >= 15 is 0 Å². The summed E-state index contributed by atoms with van der Waals surface area (Å²) < 4.78 is 11.3. The molecule has 1 unspecified atom stereocenters. The van der Waals surface area contributed by atoms with E-state index in [1.807, 2.05) is 24.3 Å². The number of ketones is 1. The van der Waals surface area contributed by atoms with Crippen LogP contribution in [0.4, 0.5) is 0 Å². The van der Waals surface area contributed by atoms with Gasteiger partial charge in [-0.15, -0.1) is 0 Å². The summed E-state index contributed by atoms with van der Waals surface area (Å²) in [5.74, 6) is 1.01. The molecule has 0 radical (unpaired) electrons. The summed E-state index contributed by atoms with van der Waals surface area (Å²) in [6.07, 6.45) is 8.88. The maximum atomic E-state index is 12.4. The summed E-state index contributed by atoms with van der Waals surface area (Å²) in [6.45, 7) is 6.48. The van der Waals surface area contributed by atoms with Gasteiger partial charge in [0, 0.05) is 18.3 Å². The molecule has 5 rings (SSSR count). The van der Waals surface area contributed by atoms with Gasteiger partial charge in [-0.25, -0.2) is 0 Å². The van der Waals surface area contributed by atoms with E-state index in [1.165, 1.54) is 5.57 Å². The van der Waals surface area contributed by atoms with Crippen molar-refractivity contribution in [1.82, 2.24) is 0 Å². The van der Waals surface area contributed by atoms with Crippen LogP contribution in [0.3, 0.4) is 0 Å². The molecule has 0 saturated heterocycles. The summed E-state index contributed by atoms with van der Waals surface area (Å²) in [6, 6.07) is 7.78. The first-order valence-corrected chi connectivity index (χ1v) is 13.0. The monoisotopic (exact) mass is 468 g/mol. The van der Waals surface area contributed by atoms with E-state index in [9.17, 15) is 15.0 Å². The van der Waals surface area contributed by atoms with Gasteiger partial charge in [-0.2, -0.15) is 0 Å². The van der Waals surface area contributed by atoms with Crippen LogP contribution in [0.25, 0.3) is 0 Å². The predicted molar refractivity (Wildman–Crippen MR) is 130 cm³/mol. The minimum atomic E-state index is -1.17. The number of carbonyl (C=O) groups excluding carboxylic acids is 1. The van der Waals surface area contributed by atoms with Crippen molar-refractivity contribution < 1.29 is 24.5 Å². The lowest BCUT2D eigenvalue weighted by atomic mass is 9.46.